The Kier molecular flexibility index (Phi) is 7.48. The largest absolute Gasteiger partial charge is 0.370 e. The van der Waals surface area contributed by atoms with Crippen LogP contribution in [0.15, 0.2) is 91.1 Å². The number of nitrogens with one attached hydrogen (secondary N) is 1. The van der Waals surface area contributed by atoms with Gasteiger partial charge in [0.05, 0.1) is 0 Å². The summed E-state index contributed by atoms with van der Waals surface area (Å²) in [7, 11) is 0. The van der Waals surface area contributed by atoms with Gasteiger partial charge in [-0.25, -0.2) is 4.98 Å². The van der Waals surface area contributed by atoms with Crippen LogP contribution >= 0.6 is 0 Å². The lowest BCUT2D eigenvalue weighted by molar-refractivity contribution is -0.112. The third-order valence-corrected chi connectivity index (χ3v) is 7.83. The molecule has 0 atom stereocenters. The number of hydrogen-bond donors (Lipinski definition) is 1. The van der Waals surface area contributed by atoms with Crippen molar-refractivity contribution in [2.45, 2.75) is 27.2 Å². The lowest BCUT2D eigenvalue weighted by Gasteiger charge is -2.24. The van der Waals surface area contributed by atoms with E-state index in [1.165, 1.54) is 5.56 Å². The molecular formula is C35H35N5O2. The Balaban J connectivity index is 1.17. The highest BCUT2D eigenvalue weighted by atomic mass is 16.2. The molecule has 1 N–H and O–H groups in total. The lowest BCUT2D eigenvalue weighted by Crippen LogP contribution is -2.31. The molecule has 0 spiro atoms. The summed E-state index contributed by atoms with van der Waals surface area (Å²) in [6, 6.07) is 27.6. The van der Waals surface area contributed by atoms with Gasteiger partial charge in [-0.05, 0) is 98.5 Å². The maximum Gasteiger partial charge on any atom is 0.298 e. The molecule has 1 saturated heterocycles. The molecule has 42 heavy (non-hydrogen) atoms. The van der Waals surface area contributed by atoms with Gasteiger partial charge in [-0.1, -0.05) is 30.3 Å². The molecule has 7 nitrogen and oxygen atoms in total. The number of aryl methyl sites for hydroxylation is 3. The van der Waals surface area contributed by atoms with Crippen molar-refractivity contribution in [1.29, 1.82) is 0 Å². The van der Waals surface area contributed by atoms with Crippen molar-refractivity contribution in [2.24, 2.45) is 0 Å². The van der Waals surface area contributed by atoms with Crippen molar-refractivity contribution in [3.05, 3.63) is 114 Å². The van der Waals surface area contributed by atoms with Gasteiger partial charge in [0.2, 0.25) is 0 Å². The molecule has 0 unspecified atom stereocenters. The molecule has 1 aliphatic heterocycles. The Hall–Kier alpha value is -4.91. The monoisotopic (exact) mass is 557 g/mol. The Morgan fingerprint density at radius 2 is 1.50 bits per heavy atom. The number of anilines is 3. The molecule has 6 rings (SSSR count). The number of carbonyl (C=O) groups excluding carboxylic acids is 2. The van der Waals surface area contributed by atoms with Crippen molar-refractivity contribution in [2.75, 3.05) is 41.3 Å². The number of ketones is 1. The summed E-state index contributed by atoms with van der Waals surface area (Å²) in [6.07, 6.45) is 2.88. The van der Waals surface area contributed by atoms with E-state index in [9.17, 15) is 9.59 Å². The molecule has 2 aromatic carbocycles. The zero-order valence-electron chi connectivity index (χ0n) is 24.3. The first kappa shape index (κ1) is 27.3. The van der Waals surface area contributed by atoms with Crippen LogP contribution in [0.25, 0.3) is 16.6 Å². The fourth-order valence-electron chi connectivity index (χ4n) is 5.80. The second-order valence-corrected chi connectivity index (χ2v) is 11.1. The molecule has 1 fully saturated rings. The minimum atomic E-state index is -0.660. The van der Waals surface area contributed by atoms with Crippen molar-refractivity contribution in [3.8, 4) is 11.1 Å². The minimum absolute atomic E-state index is 0.359. The van der Waals surface area contributed by atoms with E-state index >= 15 is 0 Å². The predicted octanol–water partition coefficient (Wildman–Crippen LogP) is 6.46. The Bertz CT molecular complexity index is 1740. The Morgan fingerprint density at radius 3 is 2.26 bits per heavy atom. The predicted molar refractivity (Wildman–Crippen MR) is 170 cm³/mol. The summed E-state index contributed by atoms with van der Waals surface area (Å²) in [4.78, 5) is 36.3. The van der Waals surface area contributed by atoms with Crippen molar-refractivity contribution >= 4 is 34.4 Å². The first-order valence-corrected chi connectivity index (χ1v) is 14.4. The normalized spacial score (nSPS) is 13.7. The van der Waals surface area contributed by atoms with Crippen LogP contribution in [0.1, 0.15) is 33.7 Å². The molecule has 0 aliphatic carbocycles. The van der Waals surface area contributed by atoms with E-state index in [1.54, 1.807) is 4.40 Å². The third-order valence-electron chi connectivity index (χ3n) is 7.83. The van der Waals surface area contributed by atoms with E-state index in [2.05, 4.69) is 34.2 Å². The van der Waals surface area contributed by atoms with Gasteiger partial charge in [-0.15, -0.1) is 0 Å². The van der Waals surface area contributed by atoms with Crippen molar-refractivity contribution < 1.29 is 9.59 Å². The topological polar surface area (TPSA) is 70.0 Å². The van der Waals surface area contributed by atoms with Gasteiger partial charge in [-0.2, -0.15) is 0 Å². The summed E-state index contributed by atoms with van der Waals surface area (Å²) in [5, 5.41) is 2.83. The molecule has 1 aliphatic rings. The summed E-state index contributed by atoms with van der Waals surface area (Å²) < 4.78 is 1.80. The van der Waals surface area contributed by atoms with Crippen LogP contribution in [-0.4, -0.2) is 47.3 Å². The summed E-state index contributed by atoms with van der Waals surface area (Å²) in [6.45, 7) is 9.82. The highest BCUT2D eigenvalue weighted by Gasteiger charge is 2.25. The van der Waals surface area contributed by atoms with Crippen molar-refractivity contribution in [3.63, 3.8) is 0 Å². The Labute approximate surface area is 246 Å². The molecule has 3 aromatic heterocycles. The zero-order valence-corrected chi connectivity index (χ0v) is 24.3. The number of fused-ring (bicyclic) bond motifs is 1. The van der Waals surface area contributed by atoms with Crippen LogP contribution in [-0.2, 0) is 4.79 Å². The summed E-state index contributed by atoms with van der Waals surface area (Å²) >= 11 is 0. The van der Waals surface area contributed by atoms with Crippen LogP contribution < -0.4 is 15.1 Å². The molecule has 212 valence electrons. The van der Waals surface area contributed by atoms with E-state index in [0.29, 0.717) is 11.4 Å². The SMILES string of the molecule is Cc1cc(C)nc(N2CCCN(c3ccc(NC(=O)C(=O)c4c(-c5ccccc5)cc5cc(C)ccn45)cc3)CC2)c1. The molecule has 7 heteroatoms. The molecule has 0 bridgehead atoms. The molecule has 4 heterocycles. The number of aromatic nitrogens is 2. The van der Waals surface area contributed by atoms with E-state index in [-0.39, 0.29) is 0 Å². The number of hydrogen-bond acceptors (Lipinski definition) is 5. The van der Waals surface area contributed by atoms with Crippen molar-refractivity contribution in [1.82, 2.24) is 9.38 Å². The van der Waals surface area contributed by atoms with E-state index in [1.807, 2.05) is 92.8 Å². The van der Waals surface area contributed by atoms with E-state index in [0.717, 1.165) is 72.0 Å². The van der Waals surface area contributed by atoms with Crippen LogP contribution in [0.3, 0.4) is 0 Å². The zero-order chi connectivity index (χ0) is 29.2. The van der Waals surface area contributed by atoms with Gasteiger partial charge in [0.1, 0.15) is 11.5 Å². The summed E-state index contributed by atoms with van der Waals surface area (Å²) in [5.74, 6) is -0.195. The lowest BCUT2D eigenvalue weighted by atomic mass is 10.0. The van der Waals surface area contributed by atoms with Gasteiger partial charge in [-0.3, -0.25) is 9.59 Å². The van der Waals surface area contributed by atoms with E-state index in [4.69, 9.17) is 4.98 Å². The Morgan fingerprint density at radius 1 is 0.762 bits per heavy atom. The summed E-state index contributed by atoms with van der Waals surface area (Å²) in [5.41, 5.74) is 7.90. The maximum atomic E-state index is 13.6. The van der Waals surface area contributed by atoms with Gasteiger partial charge >= 0.3 is 0 Å². The third kappa shape index (κ3) is 5.63. The molecule has 1 amide bonds. The molecule has 5 aromatic rings. The van der Waals surface area contributed by atoms with Crippen LogP contribution in [0.5, 0.6) is 0 Å². The highest BCUT2D eigenvalue weighted by Crippen LogP contribution is 2.29. The smallest absolute Gasteiger partial charge is 0.298 e. The highest BCUT2D eigenvalue weighted by molar-refractivity contribution is 6.47. The number of nitrogens with zero attached hydrogens (tertiary/aromatic N) is 4. The van der Waals surface area contributed by atoms with Gasteiger partial charge in [0, 0.05) is 60.5 Å². The van der Waals surface area contributed by atoms with Crippen LogP contribution in [0.4, 0.5) is 17.2 Å². The second kappa shape index (κ2) is 11.5. The number of benzene rings is 2. The number of Topliss-reactive ketones (excluding diaryl/α,β-unsaturated/α-hetero) is 1. The van der Waals surface area contributed by atoms with E-state index < -0.39 is 11.7 Å². The van der Waals surface area contributed by atoms with Crippen LogP contribution in [0.2, 0.25) is 0 Å². The first-order chi connectivity index (χ1) is 20.4. The van der Waals surface area contributed by atoms with Crippen LogP contribution in [0, 0.1) is 20.8 Å². The maximum absolute atomic E-state index is 13.6. The average Bonchev–Trinajstić information content (AvgIpc) is 3.17. The fraction of sp³-hybridized carbons (Fsp3) is 0.229. The number of rotatable bonds is 6. The van der Waals surface area contributed by atoms with Gasteiger partial charge in [0.25, 0.3) is 11.7 Å². The molecule has 0 saturated carbocycles. The number of carbonyl (C=O) groups is 2. The minimum Gasteiger partial charge on any atom is -0.370 e. The standard InChI is InChI=1S/C35H35N5O2/c1-24-14-17-40-30(21-24)23-31(27-8-5-4-6-9-27)33(40)34(41)35(42)37-28-10-12-29(13-11-28)38-15-7-16-39(19-18-38)32-22-25(2)20-26(3)36-32/h4-6,8-14,17,20-23H,7,15-16,18-19H2,1-3H3,(H,37,42). The molecule has 0 radical (unpaired) electrons. The second-order valence-electron chi connectivity index (χ2n) is 11.1. The molecular weight excluding hydrogens is 522 g/mol. The number of amides is 1. The first-order valence-electron chi connectivity index (χ1n) is 14.4. The van der Waals surface area contributed by atoms with Gasteiger partial charge < -0.3 is 19.5 Å². The number of pyridine rings is 2. The average molecular weight is 558 g/mol. The quantitative estimate of drug-likeness (QED) is 0.192. The fourth-order valence-corrected chi connectivity index (χ4v) is 5.80. The van der Waals surface area contributed by atoms with Gasteiger partial charge in [0.15, 0.2) is 0 Å².